The Hall–Kier alpha value is -4.10. The molecule has 148 valence electrons. The van der Waals surface area contributed by atoms with E-state index in [1.807, 2.05) is 0 Å². The van der Waals surface area contributed by atoms with E-state index in [0.29, 0.717) is 0 Å². The normalized spacial score (nSPS) is 10.6. The van der Waals surface area contributed by atoms with Gasteiger partial charge in [0, 0.05) is 16.9 Å². The highest BCUT2D eigenvalue weighted by Crippen LogP contribution is 2.44. The van der Waals surface area contributed by atoms with Gasteiger partial charge in [-0.2, -0.15) is 0 Å². The van der Waals surface area contributed by atoms with Gasteiger partial charge in [-0.3, -0.25) is 0 Å². The SMILES string of the molecule is c1ccc(-c2cccc(N(c3ccccc3)c3ccccc3)c2-c2ccccc2)cc1. The van der Waals surface area contributed by atoms with E-state index in [9.17, 15) is 0 Å². The Kier molecular flexibility index (Phi) is 5.32. The van der Waals surface area contributed by atoms with Crippen LogP contribution >= 0.6 is 0 Å². The zero-order valence-corrected chi connectivity index (χ0v) is 17.2. The second kappa shape index (κ2) is 8.73. The first-order valence-electron chi connectivity index (χ1n) is 10.6. The van der Waals surface area contributed by atoms with Crippen LogP contribution in [0, 0.1) is 0 Å². The molecule has 31 heavy (non-hydrogen) atoms. The summed E-state index contributed by atoms with van der Waals surface area (Å²) in [6.45, 7) is 0. The molecule has 5 aromatic rings. The van der Waals surface area contributed by atoms with Crippen molar-refractivity contribution in [1.82, 2.24) is 0 Å². The van der Waals surface area contributed by atoms with Gasteiger partial charge in [0.05, 0.1) is 5.69 Å². The second-order valence-corrected chi connectivity index (χ2v) is 7.44. The smallest absolute Gasteiger partial charge is 0.0546 e. The van der Waals surface area contributed by atoms with Crippen molar-refractivity contribution in [3.63, 3.8) is 0 Å². The van der Waals surface area contributed by atoms with Crippen LogP contribution in [0.2, 0.25) is 0 Å². The summed E-state index contributed by atoms with van der Waals surface area (Å²) >= 11 is 0. The van der Waals surface area contributed by atoms with E-state index >= 15 is 0 Å². The summed E-state index contributed by atoms with van der Waals surface area (Å²) in [7, 11) is 0. The van der Waals surface area contributed by atoms with Crippen molar-refractivity contribution in [3.05, 3.63) is 140 Å². The fourth-order valence-electron chi connectivity index (χ4n) is 4.07. The van der Waals surface area contributed by atoms with Gasteiger partial charge in [0.2, 0.25) is 0 Å². The lowest BCUT2D eigenvalue weighted by molar-refractivity contribution is 1.28. The molecule has 0 spiro atoms. The van der Waals surface area contributed by atoms with Crippen LogP contribution in [0.1, 0.15) is 0 Å². The van der Waals surface area contributed by atoms with E-state index < -0.39 is 0 Å². The quantitative estimate of drug-likeness (QED) is 0.287. The van der Waals surface area contributed by atoms with Crippen LogP contribution in [0.25, 0.3) is 22.3 Å². The Labute approximate surface area is 183 Å². The van der Waals surface area contributed by atoms with Gasteiger partial charge in [-0.05, 0) is 47.0 Å². The van der Waals surface area contributed by atoms with Gasteiger partial charge >= 0.3 is 0 Å². The number of rotatable bonds is 5. The number of hydrogen-bond donors (Lipinski definition) is 0. The number of hydrogen-bond acceptors (Lipinski definition) is 1. The van der Waals surface area contributed by atoms with Crippen molar-refractivity contribution in [1.29, 1.82) is 0 Å². The summed E-state index contributed by atoms with van der Waals surface area (Å²) in [6, 6.07) is 49.0. The van der Waals surface area contributed by atoms with Crippen LogP contribution in [0.5, 0.6) is 0 Å². The molecule has 1 nitrogen and oxygen atoms in total. The highest BCUT2D eigenvalue weighted by atomic mass is 15.1. The molecule has 0 bridgehead atoms. The Bertz CT molecular complexity index is 1210. The lowest BCUT2D eigenvalue weighted by Gasteiger charge is -2.29. The minimum atomic E-state index is 1.14. The zero-order valence-electron chi connectivity index (χ0n) is 17.2. The van der Waals surface area contributed by atoms with Crippen molar-refractivity contribution in [2.24, 2.45) is 0 Å². The van der Waals surface area contributed by atoms with Gasteiger partial charge in [0.1, 0.15) is 0 Å². The van der Waals surface area contributed by atoms with E-state index in [1.165, 1.54) is 22.3 Å². The molecule has 5 aromatic carbocycles. The predicted octanol–water partition coefficient (Wildman–Crippen LogP) is 8.49. The van der Waals surface area contributed by atoms with Gasteiger partial charge in [-0.15, -0.1) is 0 Å². The fraction of sp³-hybridized carbons (Fsp3) is 0. The maximum Gasteiger partial charge on any atom is 0.0546 e. The van der Waals surface area contributed by atoms with Crippen molar-refractivity contribution < 1.29 is 0 Å². The van der Waals surface area contributed by atoms with Crippen LogP contribution < -0.4 is 4.90 Å². The molecule has 1 heteroatoms. The minimum absolute atomic E-state index is 1.14. The molecule has 0 N–H and O–H groups in total. The van der Waals surface area contributed by atoms with Crippen LogP contribution in [0.3, 0.4) is 0 Å². The molecule has 0 aliphatic carbocycles. The summed E-state index contributed by atoms with van der Waals surface area (Å²) in [5.41, 5.74) is 8.29. The highest BCUT2D eigenvalue weighted by molar-refractivity contribution is 5.96. The zero-order chi connectivity index (χ0) is 20.9. The van der Waals surface area contributed by atoms with E-state index in [1.54, 1.807) is 0 Å². The van der Waals surface area contributed by atoms with Crippen molar-refractivity contribution in [2.45, 2.75) is 0 Å². The van der Waals surface area contributed by atoms with Crippen LogP contribution in [-0.2, 0) is 0 Å². The number of para-hydroxylation sites is 2. The Morgan fingerprint density at radius 3 is 1.32 bits per heavy atom. The molecule has 0 aliphatic rings. The van der Waals surface area contributed by atoms with Gasteiger partial charge in [0.25, 0.3) is 0 Å². The molecule has 0 amide bonds. The largest absolute Gasteiger partial charge is 0.310 e. The van der Waals surface area contributed by atoms with Gasteiger partial charge < -0.3 is 4.90 Å². The summed E-state index contributed by atoms with van der Waals surface area (Å²) in [5, 5.41) is 0. The molecule has 0 heterocycles. The monoisotopic (exact) mass is 397 g/mol. The molecule has 0 radical (unpaired) electrons. The average molecular weight is 398 g/mol. The van der Waals surface area contributed by atoms with E-state index in [-0.39, 0.29) is 0 Å². The third kappa shape index (κ3) is 3.86. The van der Waals surface area contributed by atoms with Crippen molar-refractivity contribution in [3.8, 4) is 22.3 Å². The molecule has 0 saturated heterocycles. The van der Waals surface area contributed by atoms with Crippen LogP contribution in [-0.4, -0.2) is 0 Å². The average Bonchev–Trinajstić information content (AvgIpc) is 2.86. The Morgan fingerprint density at radius 2 is 0.806 bits per heavy atom. The van der Waals surface area contributed by atoms with Crippen LogP contribution in [0.15, 0.2) is 140 Å². The lowest BCUT2D eigenvalue weighted by atomic mass is 9.92. The molecule has 0 unspecified atom stereocenters. The number of anilines is 3. The maximum absolute atomic E-state index is 2.34. The standard InChI is InChI=1S/C30H23N/c1-5-14-24(15-6-1)28-22-13-23-29(30(28)25-16-7-2-8-17-25)31(26-18-9-3-10-19-26)27-20-11-4-12-21-27/h1-23H. The number of benzene rings is 5. The maximum atomic E-state index is 2.34. The summed E-state index contributed by atoms with van der Waals surface area (Å²) in [6.07, 6.45) is 0. The molecule has 0 atom stereocenters. The summed E-state index contributed by atoms with van der Waals surface area (Å²) < 4.78 is 0. The fourth-order valence-corrected chi connectivity index (χ4v) is 4.07. The molecule has 0 aromatic heterocycles. The first-order chi connectivity index (χ1) is 15.4. The third-order valence-electron chi connectivity index (χ3n) is 5.46. The highest BCUT2D eigenvalue weighted by Gasteiger charge is 2.19. The number of nitrogens with zero attached hydrogens (tertiary/aromatic N) is 1. The second-order valence-electron chi connectivity index (χ2n) is 7.44. The van der Waals surface area contributed by atoms with Gasteiger partial charge in [0.15, 0.2) is 0 Å². The first-order valence-corrected chi connectivity index (χ1v) is 10.6. The Morgan fingerprint density at radius 1 is 0.355 bits per heavy atom. The lowest BCUT2D eigenvalue weighted by Crippen LogP contribution is -2.11. The summed E-state index contributed by atoms with van der Waals surface area (Å²) in [4.78, 5) is 2.34. The van der Waals surface area contributed by atoms with Gasteiger partial charge in [-0.1, -0.05) is 109 Å². The van der Waals surface area contributed by atoms with Crippen LogP contribution in [0.4, 0.5) is 17.1 Å². The summed E-state index contributed by atoms with van der Waals surface area (Å²) in [5.74, 6) is 0. The van der Waals surface area contributed by atoms with E-state index in [2.05, 4.69) is 144 Å². The molecule has 0 fully saturated rings. The van der Waals surface area contributed by atoms with E-state index in [0.717, 1.165) is 17.1 Å². The third-order valence-corrected chi connectivity index (χ3v) is 5.46. The molecule has 5 rings (SSSR count). The van der Waals surface area contributed by atoms with Gasteiger partial charge in [-0.25, -0.2) is 0 Å². The van der Waals surface area contributed by atoms with Crippen molar-refractivity contribution >= 4 is 17.1 Å². The predicted molar refractivity (Wildman–Crippen MR) is 132 cm³/mol. The molecular formula is C30H23N. The molecule has 0 saturated carbocycles. The minimum Gasteiger partial charge on any atom is -0.310 e. The molecule has 0 aliphatic heterocycles. The van der Waals surface area contributed by atoms with E-state index in [4.69, 9.17) is 0 Å². The first kappa shape index (κ1) is 18.9. The Balaban J connectivity index is 1.82. The topological polar surface area (TPSA) is 3.24 Å². The molecular weight excluding hydrogens is 374 g/mol. The van der Waals surface area contributed by atoms with Crippen molar-refractivity contribution in [2.75, 3.05) is 4.90 Å².